The second-order valence-electron chi connectivity index (χ2n) is 6.94. The van der Waals surface area contributed by atoms with E-state index in [1.54, 1.807) is 22.1 Å². The fraction of sp³-hybridized carbons (Fsp3) is 0.130. The van der Waals surface area contributed by atoms with Gasteiger partial charge in [0.05, 0.1) is 29.6 Å². The number of nitriles is 1. The summed E-state index contributed by atoms with van der Waals surface area (Å²) >= 11 is 1.26. The van der Waals surface area contributed by atoms with Gasteiger partial charge in [-0.25, -0.2) is 9.59 Å². The first-order valence-corrected chi connectivity index (χ1v) is 10.4. The van der Waals surface area contributed by atoms with Crippen molar-refractivity contribution in [1.29, 1.82) is 5.26 Å². The summed E-state index contributed by atoms with van der Waals surface area (Å²) in [5.41, 5.74) is 3.21. The summed E-state index contributed by atoms with van der Waals surface area (Å²) in [4.78, 5) is 30.3. The molecule has 31 heavy (non-hydrogen) atoms. The highest BCUT2D eigenvalue weighted by molar-refractivity contribution is 7.12. The zero-order chi connectivity index (χ0) is 21.5. The van der Waals surface area contributed by atoms with Gasteiger partial charge in [0.15, 0.2) is 5.75 Å². The van der Waals surface area contributed by atoms with Crippen molar-refractivity contribution in [3.05, 3.63) is 69.7 Å². The zero-order valence-electron chi connectivity index (χ0n) is 16.4. The highest BCUT2D eigenvalue weighted by Gasteiger charge is 2.32. The first kappa shape index (κ1) is 19.0. The maximum Gasteiger partial charge on any atom is 0.354 e. The smallest absolute Gasteiger partial charge is 0.354 e. The molecule has 3 aromatic heterocycles. The van der Waals surface area contributed by atoms with Crippen LogP contribution in [0.25, 0.3) is 22.2 Å². The van der Waals surface area contributed by atoms with Crippen molar-refractivity contribution in [3.63, 3.8) is 0 Å². The first-order valence-electron chi connectivity index (χ1n) is 9.52. The van der Waals surface area contributed by atoms with Crippen molar-refractivity contribution >= 4 is 34.2 Å². The minimum atomic E-state index is -0.546. The predicted octanol–water partition coefficient (Wildman–Crippen LogP) is 4.20. The molecule has 4 aromatic rings. The average Bonchev–Trinajstić information content (AvgIpc) is 3.45. The van der Waals surface area contributed by atoms with E-state index >= 15 is 0 Å². The Kier molecular flexibility index (Phi) is 4.53. The summed E-state index contributed by atoms with van der Waals surface area (Å²) in [7, 11) is 1.30. The van der Waals surface area contributed by atoms with Gasteiger partial charge in [-0.3, -0.25) is 4.98 Å². The van der Waals surface area contributed by atoms with Gasteiger partial charge >= 0.3 is 11.9 Å². The molecule has 1 aromatic carbocycles. The molecule has 0 bridgehead atoms. The third-order valence-corrected chi connectivity index (χ3v) is 6.12. The molecule has 0 spiro atoms. The highest BCUT2D eigenvalue weighted by atomic mass is 32.1. The number of hydrogen-bond acceptors (Lipinski definition) is 7. The number of aromatic nitrogens is 2. The molecule has 7 nitrogen and oxygen atoms in total. The van der Waals surface area contributed by atoms with Crippen LogP contribution < -0.4 is 4.74 Å². The van der Waals surface area contributed by atoms with Gasteiger partial charge in [0.1, 0.15) is 16.6 Å². The van der Waals surface area contributed by atoms with Gasteiger partial charge in [-0.15, -0.1) is 11.3 Å². The summed E-state index contributed by atoms with van der Waals surface area (Å²) in [6.45, 7) is 0.444. The average molecular weight is 429 g/mol. The quantitative estimate of drug-likeness (QED) is 0.453. The molecule has 152 valence electrons. The van der Waals surface area contributed by atoms with Gasteiger partial charge in [-0.05, 0) is 17.5 Å². The number of esters is 2. The Balaban J connectivity index is 1.77. The topological polar surface area (TPSA) is 94.2 Å². The maximum atomic E-state index is 12.7. The number of para-hydroxylation sites is 1. The highest BCUT2D eigenvalue weighted by Crippen LogP contribution is 2.43. The number of ether oxygens (including phenoxy) is 2. The second-order valence-corrected chi connectivity index (χ2v) is 7.89. The number of thiophene rings is 1. The van der Waals surface area contributed by atoms with Crippen LogP contribution in [0.4, 0.5) is 0 Å². The van der Waals surface area contributed by atoms with Crippen LogP contribution in [0.5, 0.6) is 5.75 Å². The molecule has 0 radical (unpaired) electrons. The summed E-state index contributed by atoms with van der Waals surface area (Å²) in [6.07, 6.45) is 0.527. The van der Waals surface area contributed by atoms with Gasteiger partial charge in [-0.2, -0.15) is 5.26 Å². The van der Waals surface area contributed by atoms with Crippen molar-refractivity contribution < 1.29 is 19.1 Å². The van der Waals surface area contributed by atoms with Crippen molar-refractivity contribution in [2.45, 2.75) is 13.0 Å². The molecule has 0 atom stereocenters. The van der Waals surface area contributed by atoms with E-state index < -0.39 is 11.9 Å². The zero-order valence-corrected chi connectivity index (χ0v) is 17.2. The van der Waals surface area contributed by atoms with Crippen LogP contribution >= 0.6 is 11.3 Å². The number of aryl methyl sites for hydroxylation is 1. The van der Waals surface area contributed by atoms with E-state index in [-0.39, 0.29) is 11.4 Å². The number of carbonyl (C=O) groups is 2. The van der Waals surface area contributed by atoms with Crippen LogP contribution in [0, 0.1) is 11.3 Å². The van der Waals surface area contributed by atoms with E-state index in [1.807, 2.05) is 24.3 Å². The normalized spacial score (nSPS) is 12.0. The largest absolute Gasteiger partial charge is 0.464 e. The maximum absolute atomic E-state index is 12.7. The molecule has 0 saturated heterocycles. The predicted molar refractivity (Wildman–Crippen MR) is 114 cm³/mol. The number of pyridine rings is 1. The van der Waals surface area contributed by atoms with Crippen LogP contribution in [0.1, 0.15) is 31.4 Å². The van der Waals surface area contributed by atoms with Gasteiger partial charge in [0, 0.05) is 30.0 Å². The third-order valence-electron chi connectivity index (χ3n) is 5.27. The number of methoxy groups -OCH3 is 1. The first-order chi connectivity index (χ1) is 15.1. The van der Waals surface area contributed by atoms with Crippen molar-refractivity contribution in [2.75, 3.05) is 7.11 Å². The molecule has 0 amide bonds. The molecule has 0 saturated carbocycles. The Morgan fingerprint density at radius 3 is 2.77 bits per heavy atom. The summed E-state index contributed by atoms with van der Waals surface area (Å²) in [5.74, 6) is -0.872. The van der Waals surface area contributed by atoms with Crippen LogP contribution in [0.15, 0.2) is 47.8 Å². The number of hydrogen-bond donors (Lipinski definition) is 0. The lowest BCUT2D eigenvalue weighted by molar-refractivity contribution is 0.0587. The lowest BCUT2D eigenvalue weighted by Gasteiger charge is -2.22. The standard InChI is InChI=1S/C23H15N3O4S/c1-29-22(27)17-11-18(30-23(28)19-7-4-10-31-19)21-20-14(12-24)13-5-2-3-6-15(13)25-16(20)8-9-26(17)21/h2-7,10-11H,8-9H2,1H3. The Morgan fingerprint density at radius 2 is 2.03 bits per heavy atom. The van der Waals surface area contributed by atoms with Gasteiger partial charge in [-0.1, -0.05) is 24.3 Å². The van der Waals surface area contributed by atoms with E-state index in [2.05, 4.69) is 6.07 Å². The van der Waals surface area contributed by atoms with E-state index in [9.17, 15) is 14.9 Å². The fourth-order valence-corrected chi connectivity index (χ4v) is 4.54. The molecule has 8 heteroatoms. The lowest BCUT2D eigenvalue weighted by atomic mass is 9.95. The lowest BCUT2D eigenvalue weighted by Crippen LogP contribution is -2.19. The monoisotopic (exact) mass is 429 g/mol. The molecule has 4 heterocycles. The molecule has 0 fully saturated rings. The Morgan fingerprint density at radius 1 is 1.19 bits per heavy atom. The number of fused-ring (bicyclic) bond motifs is 4. The number of benzene rings is 1. The molecule has 5 rings (SSSR count). The van der Waals surface area contributed by atoms with Crippen LogP contribution in [0.2, 0.25) is 0 Å². The molecule has 0 unspecified atom stereocenters. The minimum Gasteiger partial charge on any atom is -0.464 e. The Hall–Kier alpha value is -3.96. The molecule has 0 N–H and O–H groups in total. The summed E-state index contributed by atoms with van der Waals surface area (Å²) in [6, 6.07) is 14.6. The van der Waals surface area contributed by atoms with Crippen molar-refractivity contribution in [3.8, 4) is 23.1 Å². The third kappa shape index (κ3) is 2.98. The van der Waals surface area contributed by atoms with E-state index in [0.29, 0.717) is 40.0 Å². The Bertz CT molecular complexity index is 1400. The number of rotatable bonds is 3. The van der Waals surface area contributed by atoms with Crippen LogP contribution in [0.3, 0.4) is 0 Å². The SMILES string of the molecule is COC(=O)c1cc(OC(=O)c2cccs2)c2n1CCc1nc3ccccc3c(C#N)c1-2. The number of nitrogens with zero attached hydrogens (tertiary/aromatic N) is 3. The van der Waals surface area contributed by atoms with Crippen LogP contribution in [-0.4, -0.2) is 28.6 Å². The minimum absolute atomic E-state index is 0.202. The van der Waals surface area contributed by atoms with Crippen molar-refractivity contribution in [2.24, 2.45) is 0 Å². The van der Waals surface area contributed by atoms with Gasteiger partial charge in [0.25, 0.3) is 0 Å². The molecular weight excluding hydrogens is 414 g/mol. The van der Waals surface area contributed by atoms with E-state index in [4.69, 9.17) is 14.5 Å². The molecule has 0 aliphatic carbocycles. The summed E-state index contributed by atoms with van der Waals surface area (Å²) in [5, 5.41) is 12.5. The van der Waals surface area contributed by atoms with Crippen molar-refractivity contribution in [1.82, 2.24) is 9.55 Å². The van der Waals surface area contributed by atoms with E-state index in [0.717, 1.165) is 11.2 Å². The van der Waals surface area contributed by atoms with Crippen LogP contribution in [-0.2, 0) is 17.7 Å². The molecule has 1 aliphatic rings. The fourth-order valence-electron chi connectivity index (χ4n) is 3.94. The molecular formula is C23H15N3O4S. The van der Waals surface area contributed by atoms with Gasteiger partial charge in [0.2, 0.25) is 0 Å². The molecule has 1 aliphatic heterocycles. The summed E-state index contributed by atoms with van der Waals surface area (Å²) < 4.78 is 12.4. The van der Waals surface area contributed by atoms with Gasteiger partial charge < -0.3 is 14.0 Å². The van der Waals surface area contributed by atoms with E-state index in [1.165, 1.54) is 24.5 Å². The number of carbonyl (C=O) groups excluding carboxylic acids is 2. The Labute approximate surface area is 181 Å². The second kappa shape index (κ2) is 7.38.